The Morgan fingerprint density at radius 2 is 1.79 bits per heavy atom. The Bertz CT molecular complexity index is 969. The summed E-state index contributed by atoms with van der Waals surface area (Å²) < 4.78 is 0. The maximum atomic E-state index is 11.8. The third-order valence-corrected chi connectivity index (χ3v) is 4.56. The molecule has 0 aliphatic heterocycles. The quantitative estimate of drug-likeness (QED) is 0.586. The molecule has 3 aromatic rings. The van der Waals surface area contributed by atoms with Gasteiger partial charge in [0.05, 0.1) is 11.3 Å². The summed E-state index contributed by atoms with van der Waals surface area (Å²) >= 11 is 0. The summed E-state index contributed by atoms with van der Waals surface area (Å²) in [6.07, 6.45) is 2.22. The molecule has 0 amide bonds. The van der Waals surface area contributed by atoms with Crippen molar-refractivity contribution in [3.05, 3.63) is 76.5 Å². The molecule has 0 fully saturated rings. The minimum Gasteiger partial charge on any atom is -0.478 e. The molecule has 2 aromatic carbocycles. The second-order valence-corrected chi connectivity index (χ2v) is 6.39. The normalized spacial score (nSPS) is 11.9. The van der Waals surface area contributed by atoms with Crippen molar-refractivity contribution >= 4 is 5.97 Å². The Labute approximate surface area is 140 Å². The summed E-state index contributed by atoms with van der Waals surface area (Å²) in [5, 5.41) is 9.67. The zero-order valence-electron chi connectivity index (χ0n) is 13.6. The molecule has 0 bridgehead atoms. The van der Waals surface area contributed by atoms with E-state index in [0.717, 1.165) is 45.5 Å². The Kier molecular flexibility index (Phi) is 3.24. The van der Waals surface area contributed by atoms with Gasteiger partial charge in [0, 0.05) is 23.7 Å². The first kappa shape index (κ1) is 14.6. The van der Waals surface area contributed by atoms with Gasteiger partial charge < -0.3 is 5.11 Å². The van der Waals surface area contributed by atoms with E-state index in [9.17, 15) is 9.90 Å². The van der Waals surface area contributed by atoms with Gasteiger partial charge in [-0.2, -0.15) is 0 Å². The number of aryl methyl sites for hydroxylation is 2. The SMILES string of the molecule is Cc1cc(C)cc(-c2c(C(=O)O)cnc3c2Cc2ccccc2-3)c1. The molecule has 0 spiro atoms. The third kappa shape index (κ3) is 2.21. The largest absolute Gasteiger partial charge is 0.478 e. The maximum absolute atomic E-state index is 11.8. The zero-order chi connectivity index (χ0) is 16.8. The van der Waals surface area contributed by atoms with Crippen LogP contribution in [0.4, 0.5) is 0 Å². The number of aromatic nitrogens is 1. The van der Waals surface area contributed by atoms with Crippen LogP contribution in [0.15, 0.2) is 48.7 Å². The lowest BCUT2D eigenvalue weighted by Crippen LogP contribution is -2.04. The fraction of sp³-hybridized carbons (Fsp3) is 0.143. The minimum absolute atomic E-state index is 0.270. The molecular formula is C21H17NO2. The van der Waals surface area contributed by atoms with Crippen LogP contribution >= 0.6 is 0 Å². The maximum Gasteiger partial charge on any atom is 0.337 e. The number of hydrogen-bond acceptors (Lipinski definition) is 2. The van der Waals surface area contributed by atoms with Crippen LogP contribution in [-0.2, 0) is 6.42 Å². The molecule has 24 heavy (non-hydrogen) atoms. The number of fused-ring (bicyclic) bond motifs is 3. The lowest BCUT2D eigenvalue weighted by Gasteiger charge is -2.13. The summed E-state index contributed by atoms with van der Waals surface area (Å²) in [5.74, 6) is -0.935. The average Bonchev–Trinajstić information content (AvgIpc) is 2.91. The highest BCUT2D eigenvalue weighted by Crippen LogP contribution is 2.42. The van der Waals surface area contributed by atoms with Gasteiger partial charge >= 0.3 is 5.97 Å². The highest BCUT2D eigenvalue weighted by Gasteiger charge is 2.27. The van der Waals surface area contributed by atoms with Crippen LogP contribution in [0.3, 0.4) is 0 Å². The zero-order valence-corrected chi connectivity index (χ0v) is 13.6. The summed E-state index contributed by atoms with van der Waals surface area (Å²) in [6.45, 7) is 4.07. The molecule has 1 aliphatic carbocycles. The van der Waals surface area contributed by atoms with Crippen molar-refractivity contribution in [2.75, 3.05) is 0 Å². The standard InChI is InChI=1S/C21H17NO2/c1-12-7-13(2)9-15(8-12)19-17-10-14-5-3-4-6-16(14)20(17)22-11-18(19)21(23)24/h3-9,11H,10H2,1-2H3,(H,23,24). The number of aromatic carboxylic acids is 1. The van der Waals surface area contributed by atoms with Gasteiger partial charge in [-0.25, -0.2) is 4.79 Å². The second-order valence-electron chi connectivity index (χ2n) is 6.39. The number of benzene rings is 2. The summed E-state index contributed by atoms with van der Waals surface area (Å²) in [7, 11) is 0. The second kappa shape index (κ2) is 5.31. The van der Waals surface area contributed by atoms with Gasteiger partial charge in [-0.15, -0.1) is 0 Å². The summed E-state index contributed by atoms with van der Waals surface area (Å²) in [6, 6.07) is 14.4. The average molecular weight is 315 g/mol. The molecule has 1 heterocycles. The predicted molar refractivity (Wildman–Crippen MR) is 94.3 cm³/mol. The van der Waals surface area contributed by atoms with Crippen molar-refractivity contribution < 1.29 is 9.90 Å². The molecule has 4 rings (SSSR count). The van der Waals surface area contributed by atoms with E-state index in [2.05, 4.69) is 35.3 Å². The van der Waals surface area contributed by atoms with Crippen molar-refractivity contribution in [3.8, 4) is 22.4 Å². The molecule has 1 aliphatic rings. The fourth-order valence-electron chi connectivity index (χ4n) is 3.66. The number of carboxylic acid groups (broad SMARTS) is 1. The van der Waals surface area contributed by atoms with Gasteiger partial charge in [0.25, 0.3) is 0 Å². The lowest BCUT2D eigenvalue weighted by atomic mass is 9.92. The van der Waals surface area contributed by atoms with Crippen LogP contribution < -0.4 is 0 Å². The molecule has 118 valence electrons. The third-order valence-electron chi connectivity index (χ3n) is 4.56. The smallest absolute Gasteiger partial charge is 0.337 e. The topological polar surface area (TPSA) is 50.2 Å². The minimum atomic E-state index is -0.935. The number of carbonyl (C=O) groups is 1. The predicted octanol–water partition coefficient (Wildman–Crippen LogP) is 4.63. The molecule has 1 N–H and O–H groups in total. The van der Waals surface area contributed by atoms with Crippen molar-refractivity contribution in [1.82, 2.24) is 4.98 Å². The van der Waals surface area contributed by atoms with Crippen LogP contribution in [0, 0.1) is 13.8 Å². The van der Waals surface area contributed by atoms with E-state index in [1.54, 1.807) is 0 Å². The van der Waals surface area contributed by atoms with E-state index < -0.39 is 5.97 Å². The van der Waals surface area contributed by atoms with E-state index in [0.29, 0.717) is 0 Å². The van der Waals surface area contributed by atoms with Crippen molar-refractivity contribution in [1.29, 1.82) is 0 Å². The Hall–Kier alpha value is -2.94. The Morgan fingerprint density at radius 1 is 1.08 bits per heavy atom. The molecule has 0 radical (unpaired) electrons. The molecular weight excluding hydrogens is 298 g/mol. The van der Waals surface area contributed by atoms with E-state index in [-0.39, 0.29) is 5.56 Å². The number of rotatable bonds is 2. The summed E-state index contributed by atoms with van der Waals surface area (Å²) in [5.41, 5.74) is 8.51. The van der Waals surface area contributed by atoms with E-state index in [4.69, 9.17) is 0 Å². The lowest BCUT2D eigenvalue weighted by molar-refractivity contribution is 0.0697. The number of pyridine rings is 1. The van der Waals surface area contributed by atoms with Crippen molar-refractivity contribution in [2.24, 2.45) is 0 Å². The van der Waals surface area contributed by atoms with Crippen molar-refractivity contribution in [3.63, 3.8) is 0 Å². The Balaban J connectivity index is 2.04. The van der Waals surface area contributed by atoms with Gasteiger partial charge in [0.1, 0.15) is 0 Å². The molecule has 0 atom stereocenters. The van der Waals surface area contributed by atoms with Gasteiger partial charge in [0.2, 0.25) is 0 Å². The molecule has 0 saturated carbocycles. The number of hydrogen-bond donors (Lipinski definition) is 1. The van der Waals surface area contributed by atoms with Gasteiger partial charge in [-0.3, -0.25) is 4.98 Å². The fourth-order valence-corrected chi connectivity index (χ4v) is 3.66. The van der Waals surface area contributed by atoms with E-state index in [1.165, 1.54) is 11.8 Å². The number of nitrogens with zero attached hydrogens (tertiary/aromatic N) is 1. The molecule has 0 saturated heterocycles. The van der Waals surface area contributed by atoms with E-state index in [1.807, 2.05) is 26.0 Å². The van der Waals surface area contributed by atoms with Gasteiger partial charge in [0.15, 0.2) is 0 Å². The monoisotopic (exact) mass is 315 g/mol. The Morgan fingerprint density at radius 3 is 2.50 bits per heavy atom. The molecule has 3 nitrogen and oxygen atoms in total. The first-order chi connectivity index (χ1) is 11.5. The van der Waals surface area contributed by atoms with Crippen molar-refractivity contribution in [2.45, 2.75) is 20.3 Å². The first-order valence-electron chi connectivity index (χ1n) is 7.96. The van der Waals surface area contributed by atoms with Crippen LogP contribution in [0.25, 0.3) is 22.4 Å². The number of carboxylic acids is 1. The van der Waals surface area contributed by atoms with Crippen LogP contribution in [-0.4, -0.2) is 16.1 Å². The first-order valence-corrected chi connectivity index (χ1v) is 7.96. The van der Waals surface area contributed by atoms with E-state index >= 15 is 0 Å². The highest BCUT2D eigenvalue weighted by atomic mass is 16.4. The van der Waals surface area contributed by atoms with Crippen LogP contribution in [0.5, 0.6) is 0 Å². The molecule has 0 unspecified atom stereocenters. The van der Waals surface area contributed by atoms with Gasteiger partial charge in [-0.05, 0) is 30.5 Å². The van der Waals surface area contributed by atoms with Crippen LogP contribution in [0.2, 0.25) is 0 Å². The summed E-state index contributed by atoms with van der Waals surface area (Å²) in [4.78, 5) is 16.3. The molecule has 1 aromatic heterocycles. The van der Waals surface area contributed by atoms with Gasteiger partial charge in [-0.1, -0.05) is 53.6 Å². The molecule has 3 heteroatoms. The van der Waals surface area contributed by atoms with Crippen LogP contribution in [0.1, 0.15) is 32.6 Å². The highest BCUT2D eigenvalue weighted by molar-refractivity contribution is 5.99.